The maximum Gasteiger partial charge on any atom is 0.132 e. The third-order valence-corrected chi connectivity index (χ3v) is 2.84. The Kier molecular flexibility index (Phi) is 5.59. The van der Waals surface area contributed by atoms with Crippen LogP contribution in [-0.4, -0.2) is 31.7 Å². The summed E-state index contributed by atoms with van der Waals surface area (Å²) in [6, 6.07) is 10.9. The molecule has 0 saturated heterocycles. The molecule has 0 aliphatic carbocycles. The lowest BCUT2D eigenvalue weighted by molar-refractivity contribution is 0.216. The van der Waals surface area contributed by atoms with Gasteiger partial charge in [0, 0.05) is 11.6 Å². The summed E-state index contributed by atoms with van der Waals surface area (Å²) in [5.74, 6) is 1.39. The summed E-state index contributed by atoms with van der Waals surface area (Å²) in [6.07, 6.45) is 1.27. The lowest BCUT2D eigenvalue weighted by Gasteiger charge is -2.11. The van der Waals surface area contributed by atoms with Gasteiger partial charge in [-0.05, 0) is 36.4 Å². The van der Waals surface area contributed by atoms with Crippen molar-refractivity contribution in [3.63, 3.8) is 0 Å². The number of ether oxygens (including phenoxy) is 3. The van der Waals surface area contributed by atoms with E-state index in [1.54, 1.807) is 37.4 Å². The molecule has 0 aliphatic rings. The fourth-order valence-corrected chi connectivity index (χ4v) is 1.78. The van der Waals surface area contributed by atoms with Crippen molar-refractivity contribution in [1.82, 2.24) is 0 Å². The van der Waals surface area contributed by atoms with E-state index in [1.807, 2.05) is 0 Å². The first-order valence-corrected chi connectivity index (χ1v) is 6.59. The van der Waals surface area contributed by atoms with Crippen LogP contribution in [0.15, 0.2) is 47.6 Å². The Hall–Kier alpha value is -2.76. The predicted molar refractivity (Wildman–Crippen MR) is 79.8 cm³/mol. The molecule has 0 unspecified atom stereocenters. The van der Waals surface area contributed by atoms with E-state index in [4.69, 9.17) is 19.4 Å². The van der Waals surface area contributed by atoms with Crippen LogP contribution >= 0.6 is 0 Å². The van der Waals surface area contributed by atoms with Gasteiger partial charge in [0.25, 0.3) is 0 Å². The minimum Gasteiger partial charge on any atom is -0.497 e. The van der Waals surface area contributed by atoms with E-state index < -0.39 is 0 Å². The number of hydrogen-bond donors (Lipinski definition) is 1. The van der Waals surface area contributed by atoms with E-state index in [0.29, 0.717) is 29.4 Å². The fourth-order valence-electron chi connectivity index (χ4n) is 1.78. The van der Waals surface area contributed by atoms with Crippen LogP contribution in [0.25, 0.3) is 0 Å². The largest absolute Gasteiger partial charge is 0.497 e. The average molecular weight is 305 g/mol. The molecule has 6 heteroatoms. The van der Waals surface area contributed by atoms with Crippen molar-refractivity contribution in [2.24, 2.45) is 5.16 Å². The SMILES string of the molecule is COc1ccc(C=NO)c(OCCOc2ccc(F)cc2)c1. The van der Waals surface area contributed by atoms with E-state index in [2.05, 4.69) is 5.16 Å². The maximum absolute atomic E-state index is 12.8. The predicted octanol–water partition coefficient (Wildman–Crippen LogP) is 3.10. The highest BCUT2D eigenvalue weighted by molar-refractivity contribution is 5.83. The first-order valence-electron chi connectivity index (χ1n) is 6.59. The first-order chi connectivity index (χ1) is 10.7. The molecule has 5 nitrogen and oxygen atoms in total. The third kappa shape index (κ3) is 4.37. The Bertz CT molecular complexity index is 629. The van der Waals surface area contributed by atoms with Crippen LogP contribution < -0.4 is 14.2 Å². The highest BCUT2D eigenvalue weighted by Gasteiger charge is 2.05. The summed E-state index contributed by atoms with van der Waals surface area (Å²) < 4.78 is 28.9. The van der Waals surface area contributed by atoms with Gasteiger partial charge in [-0.1, -0.05) is 5.16 Å². The minimum absolute atomic E-state index is 0.275. The average Bonchev–Trinajstić information content (AvgIpc) is 2.54. The highest BCUT2D eigenvalue weighted by atomic mass is 19.1. The van der Waals surface area contributed by atoms with Crippen LogP contribution in [0.4, 0.5) is 4.39 Å². The molecule has 0 saturated carbocycles. The van der Waals surface area contributed by atoms with E-state index in [1.165, 1.54) is 18.3 Å². The van der Waals surface area contributed by atoms with Crippen LogP contribution in [0, 0.1) is 5.82 Å². The molecule has 0 atom stereocenters. The quantitative estimate of drug-likeness (QED) is 0.369. The van der Waals surface area contributed by atoms with Gasteiger partial charge in [0.2, 0.25) is 0 Å². The molecular weight excluding hydrogens is 289 g/mol. The van der Waals surface area contributed by atoms with Crippen molar-refractivity contribution in [2.75, 3.05) is 20.3 Å². The standard InChI is InChI=1S/C16H16FNO4/c1-20-15-5-2-12(11-18-19)16(10-15)22-9-8-21-14-6-3-13(17)4-7-14/h2-7,10-11,19H,8-9H2,1H3. The van der Waals surface area contributed by atoms with Gasteiger partial charge in [0.05, 0.1) is 13.3 Å². The van der Waals surface area contributed by atoms with Gasteiger partial charge in [-0.3, -0.25) is 0 Å². The molecule has 0 spiro atoms. The Balaban J connectivity index is 1.91. The Labute approximate surface area is 127 Å². The van der Waals surface area contributed by atoms with Crippen molar-refractivity contribution < 1.29 is 23.8 Å². The summed E-state index contributed by atoms with van der Waals surface area (Å²) in [4.78, 5) is 0. The number of benzene rings is 2. The summed E-state index contributed by atoms with van der Waals surface area (Å²) in [5.41, 5.74) is 0.616. The van der Waals surface area contributed by atoms with Gasteiger partial charge >= 0.3 is 0 Å². The molecule has 2 aromatic rings. The lowest BCUT2D eigenvalue weighted by Crippen LogP contribution is -2.10. The molecule has 0 fully saturated rings. The molecule has 22 heavy (non-hydrogen) atoms. The molecule has 0 amide bonds. The molecular formula is C16H16FNO4. The van der Waals surface area contributed by atoms with Gasteiger partial charge in [0.15, 0.2) is 0 Å². The summed E-state index contributed by atoms with van der Waals surface area (Å²) in [7, 11) is 1.55. The van der Waals surface area contributed by atoms with Gasteiger partial charge in [-0.15, -0.1) is 0 Å². The molecule has 0 radical (unpaired) electrons. The minimum atomic E-state index is -0.312. The van der Waals surface area contributed by atoms with E-state index in [9.17, 15) is 4.39 Å². The molecule has 2 aromatic carbocycles. The number of nitrogens with zero attached hydrogens (tertiary/aromatic N) is 1. The van der Waals surface area contributed by atoms with E-state index in [-0.39, 0.29) is 12.4 Å². The van der Waals surface area contributed by atoms with Crippen LogP contribution in [0.3, 0.4) is 0 Å². The smallest absolute Gasteiger partial charge is 0.132 e. The highest BCUT2D eigenvalue weighted by Crippen LogP contribution is 2.23. The number of rotatable bonds is 7. The van der Waals surface area contributed by atoms with Gasteiger partial charge in [-0.25, -0.2) is 4.39 Å². The lowest BCUT2D eigenvalue weighted by atomic mass is 10.2. The maximum atomic E-state index is 12.8. The normalized spacial score (nSPS) is 10.6. The zero-order chi connectivity index (χ0) is 15.8. The second kappa shape index (κ2) is 7.87. The van der Waals surface area contributed by atoms with Crippen molar-refractivity contribution >= 4 is 6.21 Å². The van der Waals surface area contributed by atoms with Crippen LogP contribution in [0.5, 0.6) is 17.2 Å². The van der Waals surface area contributed by atoms with Gasteiger partial charge < -0.3 is 19.4 Å². The summed E-state index contributed by atoms with van der Waals surface area (Å²) in [6.45, 7) is 0.565. The molecule has 116 valence electrons. The van der Waals surface area contributed by atoms with Crippen LogP contribution in [-0.2, 0) is 0 Å². The zero-order valence-corrected chi connectivity index (χ0v) is 12.0. The van der Waals surface area contributed by atoms with E-state index in [0.717, 1.165) is 0 Å². The first kappa shape index (κ1) is 15.6. The number of halogens is 1. The second-order valence-electron chi connectivity index (χ2n) is 4.30. The van der Waals surface area contributed by atoms with E-state index >= 15 is 0 Å². The van der Waals surface area contributed by atoms with Crippen LogP contribution in [0.2, 0.25) is 0 Å². The monoisotopic (exact) mass is 305 g/mol. The van der Waals surface area contributed by atoms with Crippen molar-refractivity contribution in [3.05, 3.63) is 53.8 Å². The molecule has 0 bridgehead atoms. The molecule has 1 N–H and O–H groups in total. The van der Waals surface area contributed by atoms with Crippen molar-refractivity contribution in [3.8, 4) is 17.2 Å². The van der Waals surface area contributed by atoms with Gasteiger partial charge in [-0.2, -0.15) is 0 Å². The topological polar surface area (TPSA) is 60.3 Å². The molecule has 2 rings (SSSR count). The molecule has 0 heterocycles. The van der Waals surface area contributed by atoms with Gasteiger partial charge in [0.1, 0.15) is 36.3 Å². The second-order valence-corrected chi connectivity index (χ2v) is 4.30. The van der Waals surface area contributed by atoms with Crippen molar-refractivity contribution in [2.45, 2.75) is 0 Å². The third-order valence-electron chi connectivity index (χ3n) is 2.84. The molecule has 0 aromatic heterocycles. The number of methoxy groups -OCH3 is 1. The number of hydrogen-bond acceptors (Lipinski definition) is 5. The fraction of sp³-hybridized carbons (Fsp3) is 0.188. The summed E-state index contributed by atoms with van der Waals surface area (Å²) >= 11 is 0. The van der Waals surface area contributed by atoms with Crippen molar-refractivity contribution in [1.29, 1.82) is 0 Å². The summed E-state index contributed by atoms with van der Waals surface area (Å²) in [5, 5.41) is 11.6. The van der Waals surface area contributed by atoms with Crippen LogP contribution in [0.1, 0.15) is 5.56 Å². The number of oxime groups is 1. The Morgan fingerprint density at radius 2 is 1.73 bits per heavy atom. The molecule has 0 aliphatic heterocycles. The Morgan fingerprint density at radius 3 is 2.41 bits per heavy atom. The Morgan fingerprint density at radius 1 is 1.05 bits per heavy atom. The zero-order valence-electron chi connectivity index (χ0n) is 12.0.